The average molecular weight is 413 g/mol. The van der Waals surface area contributed by atoms with E-state index in [0.29, 0.717) is 18.7 Å². The first-order valence-corrected chi connectivity index (χ1v) is 10.4. The molecule has 0 aliphatic carbocycles. The van der Waals surface area contributed by atoms with Crippen LogP contribution in [0.5, 0.6) is 5.75 Å². The molecule has 29 heavy (non-hydrogen) atoms. The molecule has 0 atom stereocenters. The normalized spacial score (nSPS) is 11.0. The summed E-state index contributed by atoms with van der Waals surface area (Å²) in [6.45, 7) is 8.78. The van der Waals surface area contributed by atoms with Crippen LogP contribution in [0.4, 0.5) is 4.39 Å². The molecule has 0 saturated heterocycles. The van der Waals surface area contributed by atoms with Crippen molar-refractivity contribution in [2.24, 2.45) is 0 Å². The molecule has 2 aromatic carbocycles. The molecule has 3 rings (SSSR count). The van der Waals surface area contributed by atoms with E-state index >= 15 is 0 Å². The summed E-state index contributed by atoms with van der Waals surface area (Å²) in [4.78, 5) is 19.2. The molecule has 3 aromatic rings. The third-order valence-corrected chi connectivity index (χ3v) is 5.34. The van der Waals surface area contributed by atoms with Crippen LogP contribution >= 0.6 is 11.3 Å². The van der Waals surface area contributed by atoms with Crippen LogP contribution < -0.4 is 4.74 Å². The largest absolute Gasteiger partial charge is 0.486 e. The molecule has 0 aliphatic rings. The Balaban J connectivity index is 1.66. The number of halogens is 1. The fourth-order valence-corrected chi connectivity index (χ4v) is 3.77. The third-order valence-electron chi connectivity index (χ3n) is 4.46. The van der Waals surface area contributed by atoms with E-state index in [1.165, 1.54) is 35.6 Å². The lowest BCUT2D eigenvalue weighted by Crippen LogP contribution is -2.36. The van der Waals surface area contributed by atoms with Gasteiger partial charge in [-0.15, -0.1) is 11.3 Å². The van der Waals surface area contributed by atoms with Crippen molar-refractivity contribution in [2.45, 2.75) is 46.9 Å². The number of benzene rings is 2. The molecule has 0 radical (unpaired) electrons. The van der Waals surface area contributed by atoms with Gasteiger partial charge in [-0.2, -0.15) is 0 Å². The number of ether oxygens (including phenoxy) is 1. The van der Waals surface area contributed by atoms with Gasteiger partial charge in [-0.25, -0.2) is 9.37 Å². The maximum Gasteiger partial charge on any atom is 0.254 e. The predicted octanol–water partition coefficient (Wildman–Crippen LogP) is 5.53. The highest BCUT2D eigenvalue weighted by molar-refractivity contribution is 7.09. The number of aromatic nitrogens is 1. The summed E-state index contributed by atoms with van der Waals surface area (Å²) in [5.41, 5.74) is 3.60. The van der Waals surface area contributed by atoms with Crippen molar-refractivity contribution >= 4 is 17.2 Å². The predicted molar refractivity (Wildman–Crippen MR) is 114 cm³/mol. The van der Waals surface area contributed by atoms with Crippen LogP contribution in [0.3, 0.4) is 0 Å². The van der Waals surface area contributed by atoms with Crippen LogP contribution in [0.15, 0.2) is 47.8 Å². The fraction of sp³-hybridized carbons (Fsp3) is 0.304. The molecule has 0 spiro atoms. The Morgan fingerprint density at radius 3 is 2.41 bits per heavy atom. The Labute approximate surface area is 175 Å². The standard InChI is InChI=1S/C23H25FN2O2S/c1-15(2)26(23(27)18-5-7-19(24)8-6-18)12-20-14-29-22(25-20)13-28-21-10-16(3)9-17(4)11-21/h5-11,14-15H,12-13H2,1-4H3. The molecule has 4 nitrogen and oxygen atoms in total. The van der Waals surface area contributed by atoms with Crippen LogP contribution in [0.1, 0.15) is 46.0 Å². The minimum Gasteiger partial charge on any atom is -0.486 e. The van der Waals surface area contributed by atoms with Crippen LogP contribution in [0, 0.1) is 19.7 Å². The molecule has 6 heteroatoms. The first-order valence-electron chi connectivity index (χ1n) is 9.52. The lowest BCUT2D eigenvalue weighted by Gasteiger charge is -2.26. The zero-order valence-corrected chi connectivity index (χ0v) is 17.9. The maximum atomic E-state index is 13.2. The second kappa shape index (κ2) is 9.18. The van der Waals surface area contributed by atoms with Gasteiger partial charge in [0, 0.05) is 17.0 Å². The van der Waals surface area contributed by atoms with Gasteiger partial charge in [-0.1, -0.05) is 6.07 Å². The summed E-state index contributed by atoms with van der Waals surface area (Å²) in [6, 6.07) is 11.7. The molecular formula is C23H25FN2O2S. The Kier molecular flexibility index (Phi) is 6.64. The molecule has 0 bridgehead atoms. The monoisotopic (exact) mass is 412 g/mol. The van der Waals surface area contributed by atoms with Gasteiger partial charge >= 0.3 is 0 Å². The molecule has 0 fully saturated rings. The van der Waals surface area contributed by atoms with Gasteiger partial charge in [0.25, 0.3) is 5.91 Å². The highest BCUT2D eigenvalue weighted by atomic mass is 32.1. The van der Waals surface area contributed by atoms with Crippen molar-refractivity contribution in [3.63, 3.8) is 0 Å². The molecule has 1 heterocycles. The van der Waals surface area contributed by atoms with Gasteiger partial charge < -0.3 is 9.64 Å². The molecule has 1 amide bonds. The summed E-state index contributed by atoms with van der Waals surface area (Å²) in [6.07, 6.45) is 0. The Bertz CT molecular complexity index is 963. The third kappa shape index (κ3) is 5.64. The Morgan fingerprint density at radius 2 is 1.79 bits per heavy atom. The summed E-state index contributed by atoms with van der Waals surface area (Å²) < 4.78 is 19.0. The quantitative estimate of drug-likeness (QED) is 0.512. The first-order chi connectivity index (χ1) is 13.8. The molecule has 0 aliphatic heterocycles. The van der Waals surface area contributed by atoms with Crippen LogP contribution in [-0.4, -0.2) is 21.8 Å². The van der Waals surface area contributed by atoms with Crippen molar-refractivity contribution in [1.82, 2.24) is 9.88 Å². The number of aryl methyl sites for hydroxylation is 2. The Morgan fingerprint density at radius 1 is 1.14 bits per heavy atom. The fourth-order valence-electron chi connectivity index (χ4n) is 3.07. The van der Waals surface area contributed by atoms with E-state index < -0.39 is 0 Å². The van der Waals surface area contributed by atoms with E-state index in [-0.39, 0.29) is 17.8 Å². The summed E-state index contributed by atoms with van der Waals surface area (Å²) in [7, 11) is 0. The van der Waals surface area contributed by atoms with E-state index in [9.17, 15) is 9.18 Å². The van der Waals surface area contributed by atoms with Gasteiger partial charge in [0.15, 0.2) is 0 Å². The van der Waals surface area contributed by atoms with Crippen molar-refractivity contribution in [3.05, 3.63) is 81.1 Å². The Hall–Kier alpha value is -2.73. The van der Waals surface area contributed by atoms with Gasteiger partial charge in [0.05, 0.1) is 12.2 Å². The molecular weight excluding hydrogens is 387 g/mol. The van der Waals surface area contributed by atoms with Crippen LogP contribution in [0.2, 0.25) is 0 Å². The number of carbonyl (C=O) groups is 1. The number of amides is 1. The molecule has 0 unspecified atom stereocenters. The van der Waals surface area contributed by atoms with Crippen molar-refractivity contribution in [1.29, 1.82) is 0 Å². The first kappa shape index (κ1) is 21.0. The zero-order valence-electron chi connectivity index (χ0n) is 17.1. The number of carbonyl (C=O) groups excluding carboxylic acids is 1. The SMILES string of the molecule is Cc1cc(C)cc(OCc2nc(CN(C(=O)c3ccc(F)cc3)C(C)C)cs2)c1. The van der Waals surface area contributed by atoms with Crippen LogP contribution in [0.25, 0.3) is 0 Å². The second-order valence-corrected chi connectivity index (χ2v) is 8.32. The second-order valence-electron chi connectivity index (χ2n) is 7.38. The summed E-state index contributed by atoms with van der Waals surface area (Å²) in [5, 5.41) is 2.81. The van der Waals surface area contributed by atoms with Gasteiger partial charge in [-0.3, -0.25) is 4.79 Å². The topological polar surface area (TPSA) is 42.4 Å². The number of thiazole rings is 1. The number of hydrogen-bond donors (Lipinski definition) is 0. The molecule has 152 valence electrons. The summed E-state index contributed by atoms with van der Waals surface area (Å²) >= 11 is 1.52. The van der Waals surface area contributed by atoms with Crippen LogP contribution in [-0.2, 0) is 13.2 Å². The highest BCUT2D eigenvalue weighted by Crippen LogP contribution is 2.20. The highest BCUT2D eigenvalue weighted by Gasteiger charge is 2.20. The van der Waals surface area contributed by atoms with E-state index in [0.717, 1.165) is 27.6 Å². The lowest BCUT2D eigenvalue weighted by molar-refractivity contribution is 0.0688. The van der Waals surface area contributed by atoms with E-state index in [1.807, 2.05) is 45.2 Å². The van der Waals surface area contributed by atoms with Gasteiger partial charge in [-0.05, 0) is 75.2 Å². The van der Waals surface area contributed by atoms with E-state index in [1.54, 1.807) is 4.90 Å². The minimum atomic E-state index is -0.356. The number of nitrogens with zero attached hydrogens (tertiary/aromatic N) is 2. The van der Waals surface area contributed by atoms with Crippen molar-refractivity contribution in [3.8, 4) is 5.75 Å². The number of hydrogen-bond acceptors (Lipinski definition) is 4. The molecule has 1 aromatic heterocycles. The molecule has 0 N–H and O–H groups in total. The van der Waals surface area contributed by atoms with E-state index in [4.69, 9.17) is 4.74 Å². The number of rotatable bonds is 7. The van der Waals surface area contributed by atoms with Crippen molar-refractivity contribution < 1.29 is 13.9 Å². The molecule has 0 saturated carbocycles. The van der Waals surface area contributed by atoms with E-state index in [2.05, 4.69) is 11.1 Å². The minimum absolute atomic E-state index is 0.00998. The smallest absolute Gasteiger partial charge is 0.254 e. The summed E-state index contributed by atoms with van der Waals surface area (Å²) in [5.74, 6) is 0.334. The van der Waals surface area contributed by atoms with Gasteiger partial charge in [0.2, 0.25) is 0 Å². The maximum absolute atomic E-state index is 13.2. The van der Waals surface area contributed by atoms with Gasteiger partial charge in [0.1, 0.15) is 23.2 Å². The van der Waals surface area contributed by atoms with Crippen molar-refractivity contribution in [2.75, 3.05) is 0 Å². The average Bonchev–Trinajstić information content (AvgIpc) is 3.11. The zero-order chi connectivity index (χ0) is 21.0. The lowest BCUT2D eigenvalue weighted by atomic mass is 10.1.